The van der Waals surface area contributed by atoms with Crippen LogP contribution < -0.4 is 0 Å². The first-order valence-electron chi connectivity index (χ1n) is 17.3. The quantitative estimate of drug-likeness (QED) is 0.133. The Kier molecular flexibility index (Phi) is 6.90. The van der Waals surface area contributed by atoms with E-state index in [-0.39, 0.29) is 31.3 Å². The van der Waals surface area contributed by atoms with Gasteiger partial charge in [0.15, 0.2) is 0 Å². The van der Waals surface area contributed by atoms with Crippen molar-refractivity contribution in [2.75, 3.05) is 0 Å². The Morgan fingerprint density at radius 2 is 1.29 bits per heavy atom. The molecule has 6 heteroatoms. The summed E-state index contributed by atoms with van der Waals surface area (Å²) >= 11 is 0. The average Bonchev–Trinajstić information content (AvgIpc) is 3.81. The average molecular weight is 752 g/mol. The zero-order valence-electron chi connectivity index (χ0n) is 29.1. The predicted octanol–water partition coefficient (Wildman–Crippen LogP) is 10.6. The standard InChI is InChI=1S/C45H35N5.Pd/c1-28-21-22-46-42(23-28)49-38-18-12-9-15-31(38)33-20-19-30(24-39(33)49)48-37-17-11-10-16-32(37)34-25-36-41(26-40(34)48)50-43(45(4,5)44(36,2)3)35(27-47-50)29-13-7-6-8-14-29;/h6-23,25,27H,1-5H3;/q-2;+2. The number of para-hydroxylation sites is 2. The van der Waals surface area contributed by atoms with E-state index in [9.17, 15) is 0 Å². The fourth-order valence-electron chi connectivity index (χ4n) is 8.29. The molecule has 5 heterocycles. The minimum Gasteiger partial charge on any atom is -0.358 e. The summed E-state index contributed by atoms with van der Waals surface area (Å²) in [5.41, 5.74) is 11.8. The largest absolute Gasteiger partial charge is 2.00 e. The first kappa shape index (κ1) is 31.7. The molecule has 0 spiro atoms. The van der Waals surface area contributed by atoms with E-state index in [4.69, 9.17) is 10.1 Å². The van der Waals surface area contributed by atoms with Crippen molar-refractivity contribution in [1.29, 1.82) is 0 Å². The molecular formula is C45H35N5Pd. The molecule has 0 saturated carbocycles. The molecule has 5 nitrogen and oxygen atoms in total. The summed E-state index contributed by atoms with van der Waals surface area (Å²) in [5.74, 6) is 0.887. The second-order valence-electron chi connectivity index (χ2n) is 14.7. The van der Waals surface area contributed by atoms with Crippen molar-refractivity contribution < 1.29 is 20.4 Å². The number of hydrogen-bond acceptors (Lipinski definition) is 2. The number of pyridine rings is 1. The van der Waals surface area contributed by atoms with Crippen LogP contribution >= 0.6 is 0 Å². The van der Waals surface area contributed by atoms with Gasteiger partial charge in [0.2, 0.25) is 0 Å². The Hall–Kier alpha value is -5.28. The minimum atomic E-state index is -0.211. The second-order valence-corrected chi connectivity index (χ2v) is 14.7. The third-order valence-corrected chi connectivity index (χ3v) is 11.5. The molecule has 9 aromatic rings. The molecule has 0 aliphatic carbocycles. The van der Waals surface area contributed by atoms with Crippen molar-refractivity contribution in [3.63, 3.8) is 0 Å². The molecule has 1 aliphatic rings. The number of hydrogen-bond donors (Lipinski definition) is 0. The van der Waals surface area contributed by atoms with Crippen LogP contribution in [0, 0.1) is 19.1 Å². The van der Waals surface area contributed by atoms with E-state index < -0.39 is 0 Å². The van der Waals surface area contributed by atoms with Crippen LogP contribution in [-0.4, -0.2) is 23.9 Å². The number of fused-ring (bicyclic) bond motifs is 9. The van der Waals surface area contributed by atoms with Crippen molar-refractivity contribution in [2.45, 2.75) is 45.4 Å². The summed E-state index contributed by atoms with van der Waals surface area (Å²) in [4.78, 5) is 4.81. The molecule has 250 valence electrons. The Bertz CT molecular complexity index is 2830. The topological polar surface area (TPSA) is 40.6 Å². The van der Waals surface area contributed by atoms with Gasteiger partial charge in [0.05, 0.1) is 11.9 Å². The van der Waals surface area contributed by atoms with Crippen molar-refractivity contribution >= 4 is 43.6 Å². The Labute approximate surface area is 310 Å². The maximum atomic E-state index is 5.07. The van der Waals surface area contributed by atoms with Crippen LogP contribution in [0.2, 0.25) is 0 Å². The normalized spacial score (nSPS) is 14.5. The van der Waals surface area contributed by atoms with Crippen LogP contribution in [0.5, 0.6) is 0 Å². The molecule has 0 fully saturated rings. The number of nitrogens with zero attached hydrogens (tertiary/aromatic N) is 5. The van der Waals surface area contributed by atoms with E-state index >= 15 is 0 Å². The molecule has 0 radical (unpaired) electrons. The number of benzene rings is 5. The molecule has 0 atom stereocenters. The van der Waals surface area contributed by atoms with Gasteiger partial charge in [-0.25, -0.2) is 4.98 Å². The maximum Gasteiger partial charge on any atom is 2.00 e. The molecule has 5 aromatic carbocycles. The number of aromatic nitrogens is 5. The van der Waals surface area contributed by atoms with E-state index in [1.807, 2.05) is 18.5 Å². The van der Waals surface area contributed by atoms with Crippen LogP contribution in [0.3, 0.4) is 0 Å². The Morgan fingerprint density at radius 1 is 0.627 bits per heavy atom. The van der Waals surface area contributed by atoms with Crippen LogP contribution in [0.25, 0.3) is 71.9 Å². The van der Waals surface area contributed by atoms with Crippen molar-refractivity contribution in [3.8, 4) is 28.3 Å². The maximum absolute atomic E-state index is 5.07. The van der Waals surface area contributed by atoms with Crippen molar-refractivity contribution in [3.05, 3.63) is 151 Å². The molecule has 1 aliphatic heterocycles. The van der Waals surface area contributed by atoms with Gasteiger partial charge in [0.1, 0.15) is 5.82 Å². The fraction of sp³-hybridized carbons (Fsp3) is 0.156. The van der Waals surface area contributed by atoms with E-state index in [2.05, 4.69) is 164 Å². The van der Waals surface area contributed by atoms with E-state index in [1.54, 1.807) is 0 Å². The summed E-state index contributed by atoms with van der Waals surface area (Å²) in [7, 11) is 0. The van der Waals surface area contributed by atoms with Gasteiger partial charge in [-0.1, -0.05) is 111 Å². The fourth-order valence-corrected chi connectivity index (χ4v) is 8.29. The number of rotatable bonds is 3. The molecule has 51 heavy (non-hydrogen) atoms. The van der Waals surface area contributed by atoms with Gasteiger partial charge in [0.25, 0.3) is 0 Å². The molecular weight excluding hydrogens is 717 g/mol. The van der Waals surface area contributed by atoms with E-state index in [0.717, 1.165) is 44.6 Å². The minimum absolute atomic E-state index is 0. The zero-order chi connectivity index (χ0) is 33.9. The third-order valence-electron chi connectivity index (χ3n) is 11.5. The van der Waals surface area contributed by atoms with Gasteiger partial charge in [0, 0.05) is 28.2 Å². The summed E-state index contributed by atoms with van der Waals surface area (Å²) in [5, 5.41) is 9.78. The smallest absolute Gasteiger partial charge is 0.358 e. The molecule has 0 N–H and O–H groups in total. The van der Waals surface area contributed by atoms with Crippen LogP contribution in [0.15, 0.2) is 122 Å². The summed E-state index contributed by atoms with van der Waals surface area (Å²) in [6.45, 7) is 11.6. The zero-order valence-corrected chi connectivity index (χ0v) is 30.7. The van der Waals surface area contributed by atoms with Gasteiger partial charge >= 0.3 is 20.4 Å². The van der Waals surface area contributed by atoms with Crippen LogP contribution in [0.4, 0.5) is 0 Å². The molecule has 4 aromatic heterocycles. The first-order chi connectivity index (χ1) is 24.2. The number of aryl methyl sites for hydroxylation is 1. The Morgan fingerprint density at radius 3 is 2.04 bits per heavy atom. The van der Waals surface area contributed by atoms with Gasteiger partial charge in [-0.05, 0) is 64.2 Å². The second kappa shape index (κ2) is 11.1. The van der Waals surface area contributed by atoms with E-state index in [0.29, 0.717) is 0 Å². The van der Waals surface area contributed by atoms with Crippen LogP contribution in [0.1, 0.15) is 44.5 Å². The summed E-state index contributed by atoms with van der Waals surface area (Å²) < 4.78 is 6.72. The predicted molar refractivity (Wildman–Crippen MR) is 204 cm³/mol. The van der Waals surface area contributed by atoms with Gasteiger partial charge < -0.3 is 9.13 Å². The molecule has 0 unspecified atom stereocenters. The van der Waals surface area contributed by atoms with Gasteiger partial charge in [-0.15, -0.1) is 34.5 Å². The monoisotopic (exact) mass is 751 g/mol. The molecule has 0 amide bonds. The van der Waals surface area contributed by atoms with Crippen molar-refractivity contribution in [2.24, 2.45) is 0 Å². The van der Waals surface area contributed by atoms with Gasteiger partial charge in [-0.2, -0.15) is 17.2 Å². The summed E-state index contributed by atoms with van der Waals surface area (Å²) in [6.07, 6.45) is 3.92. The van der Waals surface area contributed by atoms with Crippen molar-refractivity contribution in [1.82, 2.24) is 23.9 Å². The molecule has 10 rings (SSSR count). The third kappa shape index (κ3) is 4.30. The Balaban J connectivity index is 0.00000348. The molecule has 0 bridgehead atoms. The van der Waals surface area contributed by atoms with Gasteiger partial charge in [-0.3, -0.25) is 4.68 Å². The summed E-state index contributed by atoms with van der Waals surface area (Å²) in [6, 6.07) is 46.7. The first-order valence-corrected chi connectivity index (χ1v) is 17.3. The molecule has 0 saturated heterocycles. The van der Waals surface area contributed by atoms with Crippen LogP contribution in [-0.2, 0) is 31.3 Å². The SMILES string of the molecule is Cc1ccnc(-n2c3[c-]c(-n4c5[c-]c6c(cc5c5ccccc54)C(C)(C)C(C)(C)c4c(-c5ccccc5)cnn4-6)ccc3c3ccccc32)c1.[Pd+2]. The van der Waals surface area contributed by atoms with E-state index in [1.165, 1.54) is 44.1 Å².